The van der Waals surface area contributed by atoms with E-state index in [-0.39, 0.29) is 5.56 Å². The van der Waals surface area contributed by atoms with Crippen LogP contribution in [0.1, 0.15) is 53.2 Å². The van der Waals surface area contributed by atoms with Crippen molar-refractivity contribution in [1.29, 1.82) is 0 Å². The third kappa shape index (κ3) is 9.06. The molecule has 2 atom stereocenters. The van der Waals surface area contributed by atoms with E-state index in [2.05, 4.69) is 9.50 Å². The molecule has 0 bridgehead atoms. The number of halogens is 3. The molecule has 1 aromatic carbocycles. The second-order valence-corrected chi connectivity index (χ2v) is 17.2. The number of nitrogens with one attached hydrogen (secondary N) is 1. The van der Waals surface area contributed by atoms with Gasteiger partial charge >= 0.3 is 33.4 Å². The molecular weight excluding hydrogens is 569 g/mol. The summed E-state index contributed by atoms with van der Waals surface area (Å²) >= 11 is 0. The van der Waals surface area contributed by atoms with Crippen LogP contribution in [0.15, 0.2) is 18.2 Å². The summed E-state index contributed by atoms with van der Waals surface area (Å²) in [4.78, 5) is 36.0. The summed E-state index contributed by atoms with van der Waals surface area (Å²) < 4.78 is 81.8. The van der Waals surface area contributed by atoms with E-state index >= 15 is 0 Å². The number of benzene rings is 1. The number of nitro benzene ring substituents is 1. The minimum absolute atomic E-state index is 0.158. The average Bonchev–Trinajstić information content (AvgIpc) is 2.72. The Kier molecular flexibility index (Phi) is 10.2. The zero-order valence-corrected chi connectivity index (χ0v) is 24.8. The predicted octanol–water partition coefficient (Wildman–Crippen LogP) is 4.95. The molecule has 1 amide bonds. The van der Waals surface area contributed by atoms with Crippen molar-refractivity contribution in [1.82, 2.24) is 5.32 Å². The van der Waals surface area contributed by atoms with Gasteiger partial charge in [0.15, 0.2) is 14.4 Å². The molecule has 0 aliphatic rings. The molecule has 0 fully saturated rings. The van der Waals surface area contributed by atoms with Crippen molar-refractivity contribution in [3.63, 3.8) is 0 Å². The number of hydrogen-bond donors (Lipinski definition) is 1. The maximum absolute atomic E-state index is 12.8. The van der Waals surface area contributed by atoms with Crippen molar-refractivity contribution in [2.45, 2.75) is 82.9 Å². The second-order valence-electron chi connectivity index (χ2n) is 10.9. The average molecular weight is 603 g/mol. The SMILES string of the molecule is COC(=O)[C@H](NC(=O)OC(C)(C)C)[C@H](O[Si](C)(C)C(C)(C)C)c1ccc(OS(=O)(=O)C(F)(F)F)c([N+](=O)[O-])c1. The zero-order valence-electron chi connectivity index (χ0n) is 23.0. The number of methoxy groups -OCH3 is 1. The molecule has 0 spiro atoms. The van der Waals surface area contributed by atoms with Gasteiger partial charge in [-0.05, 0) is 50.5 Å². The number of nitrogens with zero attached hydrogens (tertiary/aromatic N) is 1. The smallest absolute Gasteiger partial charge is 0.467 e. The third-order valence-electron chi connectivity index (χ3n) is 5.65. The molecule has 0 heterocycles. The Labute approximate surface area is 225 Å². The van der Waals surface area contributed by atoms with Gasteiger partial charge in [0.25, 0.3) is 0 Å². The first-order chi connectivity index (χ1) is 17.3. The van der Waals surface area contributed by atoms with Crippen molar-refractivity contribution in [3.8, 4) is 5.75 Å². The number of rotatable bonds is 9. The third-order valence-corrected chi connectivity index (χ3v) is 11.1. The van der Waals surface area contributed by atoms with E-state index in [1.165, 1.54) is 0 Å². The number of hydrogen-bond acceptors (Lipinski definition) is 10. The minimum Gasteiger partial charge on any atom is -0.467 e. The fourth-order valence-electron chi connectivity index (χ4n) is 2.73. The molecule has 222 valence electrons. The number of carbonyl (C=O) groups excluding carboxylic acids is 2. The Morgan fingerprint density at radius 2 is 1.62 bits per heavy atom. The highest BCUT2D eigenvalue weighted by Crippen LogP contribution is 2.42. The van der Waals surface area contributed by atoms with E-state index in [0.717, 1.165) is 13.2 Å². The number of esters is 1. The number of carbonyl (C=O) groups is 2. The summed E-state index contributed by atoms with van der Waals surface area (Å²) in [5.41, 5.74) is -8.14. The summed E-state index contributed by atoms with van der Waals surface area (Å²) in [6, 6.07) is 0.676. The molecule has 1 rings (SSSR count). The molecule has 1 N–H and O–H groups in total. The fourth-order valence-corrected chi connectivity index (χ4v) is 4.46. The van der Waals surface area contributed by atoms with Gasteiger partial charge in [0.2, 0.25) is 5.75 Å². The molecule has 39 heavy (non-hydrogen) atoms. The lowest BCUT2D eigenvalue weighted by Crippen LogP contribution is -2.52. The van der Waals surface area contributed by atoms with Crippen LogP contribution >= 0.6 is 0 Å². The molecule has 0 aliphatic heterocycles. The quantitative estimate of drug-likeness (QED) is 0.102. The number of nitro groups is 1. The Hall–Kier alpha value is -2.92. The minimum atomic E-state index is -6.23. The van der Waals surface area contributed by atoms with Crippen LogP contribution in [0.25, 0.3) is 0 Å². The molecule has 0 saturated heterocycles. The summed E-state index contributed by atoms with van der Waals surface area (Å²) in [5, 5.41) is 13.6. The van der Waals surface area contributed by atoms with Crippen LogP contribution in [-0.2, 0) is 28.8 Å². The Morgan fingerprint density at radius 3 is 2.03 bits per heavy atom. The van der Waals surface area contributed by atoms with Gasteiger partial charge in [0.05, 0.1) is 12.0 Å². The van der Waals surface area contributed by atoms with Crippen LogP contribution in [-0.4, -0.2) is 58.0 Å². The van der Waals surface area contributed by atoms with E-state index in [9.17, 15) is 41.3 Å². The summed E-state index contributed by atoms with van der Waals surface area (Å²) in [7, 11) is -8.04. The molecule has 0 aromatic heterocycles. The van der Waals surface area contributed by atoms with Gasteiger partial charge in [0, 0.05) is 6.07 Å². The van der Waals surface area contributed by atoms with Gasteiger partial charge in [-0.2, -0.15) is 21.6 Å². The number of ether oxygens (including phenoxy) is 2. The highest BCUT2D eigenvalue weighted by atomic mass is 32.2. The van der Waals surface area contributed by atoms with Gasteiger partial charge in [-0.1, -0.05) is 26.8 Å². The summed E-state index contributed by atoms with van der Waals surface area (Å²) in [6.07, 6.45) is -2.52. The lowest BCUT2D eigenvalue weighted by molar-refractivity contribution is -0.385. The molecule has 0 radical (unpaired) electrons. The Morgan fingerprint density at radius 1 is 1.08 bits per heavy atom. The summed E-state index contributed by atoms with van der Waals surface area (Å²) in [6.45, 7) is 13.8. The van der Waals surface area contributed by atoms with Crippen molar-refractivity contribution >= 4 is 36.2 Å². The van der Waals surface area contributed by atoms with Crippen molar-refractivity contribution in [2.75, 3.05) is 7.11 Å². The standard InChI is InChI=1S/C22H33F3N2O10SSi/c1-20(2,3)35-19(29)26-16(18(28)34-7)17(37-39(8,9)21(4,5)6)13-10-11-15(14(12-13)27(30)31)36-38(32,33)22(23,24)25/h10-12,16-17H,1-9H3,(H,26,29)/t16-,17-/m1/s1. The van der Waals surface area contributed by atoms with Gasteiger partial charge in [-0.3, -0.25) is 10.1 Å². The van der Waals surface area contributed by atoms with Crippen LogP contribution in [0.2, 0.25) is 18.1 Å². The van der Waals surface area contributed by atoms with Crippen LogP contribution in [0.5, 0.6) is 5.75 Å². The van der Waals surface area contributed by atoms with Crippen LogP contribution in [0, 0.1) is 10.1 Å². The first-order valence-corrected chi connectivity index (χ1v) is 15.7. The first-order valence-electron chi connectivity index (χ1n) is 11.4. The topological polar surface area (TPSA) is 160 Å². The first kappa shape index (κ1) is 34.1. The summed E-state index contributed by atoms with van der Waals surface area (Å²) in [5.74, 6) is -2.24. The van der Waals surface area contributed by atoms with E-state index < -0.39 is 75.2 Å². The van der Waals surface area contributed by atoms with E-state index in [1.807, 2.05) is 20.8 Å². The van der Waals surface area contributed by atoms with Gasteiger partial charge < -0.3 is 23.4 Å². The molecule has 17 heteroatoms. The largest absolute Gasteiger partial charge is 0.534 e. The zero-order chi connectivity index (χ0) is 30.8. The molecule has 1 aromatic rings. The van der Waals surface area contributed by atoms with Crippen molar-refractivity contribution in [2.24, 2.45) is 0 Å². The highest BCUT2D eigenvalue weighted by Gasteiger charge is 2.50. The lowest BCUT2D eigenvalue weighted by Gasteiger charge is -2.41. The number of alkyl halides is 3. The van der Waals surface area contributed by atoms with E-state index in [0.29, 0.717) is 12.1 Å². The Bertz CT molecular complexity index is 1190. The van der Waals surface area contributed by atoms with Gasteiger partial charge in [0.1, 0.15) is 11.7 Å². The Balaban J connectivity index is 3.80. The fraction of sp³-hybridized carbons (Fsp3) is 0.636. The second kappa shape index (κ2) is 11.7. The maximum atomic E-state index is 12.8. The number of amides is 1. The van der Waals surface area contributed by atoms with E-state index in [1.54, 1.807) is 33.9 Å². The van der Waals surface area contributed by atoms with Crippen LogP contribution in [0.3, 0.4) is 0 Å². The van der Waals surface area contributed by atoms with Crippen LogP contribution < -0.4 is 9.50 Å². The predicted molar refractivity (Wildman–Crippen MR) is 135 cm³/mol. The van der Waals surface area contributed by atoms with Crippen LogP contribution in [0.4, 0.5) is 23.7 Å². The van der Waals surface area contributed by atoms with Gasteiger partial charge in [-0.25, -0.2) is 9.59 Å². The monoisotopic (exact) mass is 602 g/mol. The lowest BCUT2D eigenvalue weighted by atomic mass is 10.0. The molecule has 0 saturated carbocycles. The van der Waals surface area contributed by atoms with Crippen molar-refractivity contribution in [3.05, 3.63) is 33.9 Å². The van der Waals surface area contributed by atoms with Gasteiger partial charge in [-0.15, -0.1) is 0 Å². The van der Waals surface area contributed by atoms with Crippen molar-refractivity contribution < 1.29 is 54.2 Å². The number of alkyl carbamates (subject to hydrolysis) is 1. The molecule has 0 aliphatic carbocycles. The molecular formula is C22H33F3N2O10SSi. The molecule has 0 unspecified atom stereocenters. The normalized spacial score (nSPS) is 14.7. The highest BCUT2D eigenvalue weighted by molar-refractivity contribution is 7.88. The maximum Gasteiger partial charge on any atom is 0.534 e. The molecule has 12 nitrogen and oxygen atoms in total. The van der Waals surface area contributed by atoms with E-state index in [4.69, 9.17) is 13.9 Å².